The molecule has 48 heavy (non-hydrogen) atoms. The SMILES string of the molecule is CC1(C)c2ccccc2-c2ccc(N(c3ccc(-c4ccccc4)cc3)c3ccc4oc5cc6c(cc5c4c3)oc3ccccc36)cc21. The molecule has 0 bridgehead atoms. The molecule has 0 spiro atoms. The monoisotopic (exact) mass is 617 g/mol. The second kappa shape index (κ2) is 9.97. The summed E-state index contributed by atoms with van der Waals surface area (Å²) in [5.41, 5.74) is 14.4. The van der Waals surface area contributed by atoms with E-state index >= 15 is 0 Å². The van der Waals surface area contributed by atoms with Crippen LogP contribution in [0.25, 0.3) is 66.1 Å². The van der Waals surface area contributed by atoms with Crippen LogP contribution in [0.1, 0.15) is 25.0 Å². The maximum absolute atomic E-state index is 6.45. The fourth-order valence-electron chi connectivity index (χ4n) is 7.83. The minimum atomic E-state index is -0.104. The predicted octanol–water partition coefficient (Wildman–Crippen LogP) is 12.9. The lowest BCUT2D eigenvalue weighted by molar-refractivity contribution is 0.660. The fourth-order valence-corrected chi connectivity index (χ4v) is 7.83. The maximum Gasteiger partial charge on any atom is 0.136 e. The zero-order chi connectivity index (χ0) is 32.0. The van der Waals surface area contributed by atoms with Crippen molar-refractivity contribution in [3.05, 3.63) is 163 Å². The molecule has 0 atom stereocenters. The summed E-state index contributed by atoms with van der Waals surface area (Å²) >= 11 is 0. The standard InChI is InChI=1S/C45H31NO2/c1-45(2)39-14-8-6-12-33(39)34-22-20-32(25-40(34)45)46(30-18-16-29(17-19-30)28-10-4-3-5-11-28)31-21-23-42-36(24-31)38-27-43-37(26-44(38)48-42)35-13-7-9-15-41(35)47-43/h3-27H,1-2H3. The molecule has 1 aliphatic carbocycles. The van der Waals surface area contributed by atoms with Crippen molar-refractivity contribution < 1.29 is 8.83 Å². The second-order valence-corrected chi connectivity index (χ2v) is 13.4. The first-order chi connectivity index (χ1) is 23.5. The van der Waals surface area contributed by atoms with Crippen molar-refractivity contribution in [2.75, 3.05) is 4.90 Å². The van der Waals surface area contributed by atoms with Crippen LogP contribution in [0.3, 0.4) is 0 Å². The zero-order valence-electron chi connectivity index (χ0n) is 26.7. The van der Waals surface area contributed by atoms with Gasteiger partial charge in [0, 0.05) is 44.0 Å². The number of hydrogen-bond donors (Lipinski definition) is 0. The highest BCUT2D eigenvalue weighted by atomic mass is 16.3. The van der Waals surface area contributed by atoms with Crippen LogP contribution in [-0.4, -0.2) is 0 Å². The van der Waals surface area contributed by atoms with Crippen LogP contribution in [-0.2, 0) is 5.41 Å². The quantitative estimate of drug-likeness (QED) is 0.197. The minimum Gasteiger partial charge on any atom is -0.456 e. The Labute approximate surface area is 278 Å². The molecule has 1 aliphatic rings. The summed E-state index contributed by atoms with van der Waals surface area (Å²) in [6, 6.07) is 54.2. The number of hydrogen-bond acceptors (Lipinski definition) is 3. The Kier molecular flexibility index (Phi) is 5.63. The van der Waals surface area contributed by atoms with Crippen LogP contribution in [0, 0.1) is 0 Å². The van der Waals surface area contributed by atoms with Gasteiger partial charge in [0.1, 0.15) is 22.3 Å². The molecule has 0 radical (unpaired) electrons. The molecule has 0 fully saturated rings. The van der Waals surface area contributed by atoms with Gasteiger partial charge in [-0.3, -0.25) is 0 Å². The van der Waals surface area contributed by atoms with Gasteiger partial charge in [0.25, 0.3) is 0 Å². The molecule has 2 aromatic heterocycles. The molecular weight excluding hydrogens is 587 g/mol. The van der Waals surface area contributed by atoms with Gasteiger partial charge in [-0.25, -0.2) is 0 Å². The first kappa shape index (κ1) is 27.1. The van der Waals surface area contributed by atoms with Gasteiger partial charge in [0.2, 0.25) is 0 Å². The van der Waals surface area contributed by atoms with Gasteiger partial charge in [-0.1, -0.05) is 105 Å². The van der Waals surface area contributed by atoms with Gasteiger partial charge >= 0.3 is 0 Å². The van der Waals surface area contributed by atoms with Crippen LogP contribution in [0.15, 0.2) is 160 Å². The topological polar surface area (TPSA) is 29.5 Å². The van der Waals surface area contributed by atoms with E-state index in [-0.39, 0.29) is 5.41 Å². The fraction of sp³-hybridized carbons (Fsp3) is 0.0667. The molecule has 0 aliphatic heterocycles. The third kappa shape index (κ3) is 3.94. The summed E-state index contributed by atoms with van der Waals surface area (Å²) < 4.78 is 12.7. The molecule has 228 valence electrons. The third-order valence-electron chi connectivity index (χ3n) is 10.3. The summed E-state index contributed by atoms with van der Waals surface area (Å²) in [7, 11) is 0. The number of rotatable bonds is 4. The van der Waals surface area contributed by atoms with Crippen LogP contribution in [0.5, 0.6) is 0 Å². The van der Waals surface area contributed by atoms with Crippen molar-refractivity contribution in [2.45, 2.75) is 19.3 Å². The molecule has 3 nitrogen and oxygen atoms in total. The molecule has 0 saturated heterocycles. The highest BCUT2D eigenvalue weighted by Crippen LogP contribution is 2.51. The molecule has 0 unspecified atom stereocenters. The van der Waals surface area contributed by atoms with Gasteiger partial charge in [0.05, 0.1) is 0 Å². The molecule has 7 aromatic carbocycles. The van der Waals surface area contributed by atoms with E-state index in [1.165, 1.54) is 33.4 Å². The molecular formula is C45H31NO2. The van der Waals surface area contributed by atoms with E-state index in [1.807, 2.05) is 18.2 Å². The van der Waals surface area contributed by atoms with Crippen LogP contribution >= 0.6 is 0 Å². The number of nitrogens with zero attached hydrogens (tertiary/aromatic N) is 1. The lowest BCUT2D eigenvalue weighted by atomic mass is 9.82. The summed E-state index contributed by atoms with van der Waals surface area (Å²) in [6.45, 7) is 4.67. The van der Waals surface area contributed by atoms with Crippen LogP contribution in [0.4, 0.5) is 17.1 Å². The van der Waals surface area contributed by atoms with E-state index in [0.29, 0.717) is 0 Å². The number of anilines is 3. The average Bonchev–Trinajstić information content (AvgIpc) is 3.75. The summed E-state index contributed by atoms with van der Waals surface area (Å²) in [5.74, 6) is 0. The van der Waals surface area contributed by atoms with E-state index in [0.717, 1.165) is 60.9 Å². The third-order valence-corrected chi connectivity index (χ3v) is 10.3. The van der Waals surface area contributed by atoms with E-state index in [9.17, 15) is 0 Å². The van der Waals surface area contributed by atoms with Gasteiger partial charge in [0.15, 0.2) is 0 Å². The van der Waals surface area contributed by atoms with Crippen molar-refractivity contribution in [3.63, 3.8) is 0 Å². The predicted molar refractivity (Wildman–Crippen MR) is 199 cm³/mol. The van der Waals surface area contributed by atoms with E-state index in [2.05, 4.69) is 152 Å². The molecule has 0 amide bonds. The highest BCUT2D eigenvalue weighted by Gasteiger charge is 2.35. The summed E-state index contributed by atoms with van der Waals surface area (Å²) in [4.78, 5) is 2.37. The first-order valence-corrected chi connectivity index (χ1v) is 16.5. The van der Waals surface area contributed by atoms with Crippen molar-refractivity contribution in [1.29, 1.82) is 0 Å². The smallest absolute Gasteiger partial charge is 0.136 e. The van der Waals surface area contributed by atoms with Crippen molar-refractivity contribution in [3.8, 4) is 22.3 Å². The maximum atomic E-state index is 6.45. The Balaban J connectivity index is 1.16. The Morgan fingerprint density at radius 1 is 0.396 bits per heavy atom. The average molecular weight is 618 g/mol. The largest absolute Gasteiger partial charge is 0.456 e. The lowest BCUT2D eigenvalue weighted by Crippen LogP contribution is -2.16. The molecule has 10 rings (SSSR count). The molecule has 3 heteroatoms. The number of fused-ring (bicyclic) bond motifs is 9. The Hall–Kier alpha value is -6.06. The Morgan fingerprint density at radius 3 is 1.77 bits per heavy atom. The van der Waals surface area contributed by atoms with Gasteiger partial charge in [-0.15, -0.1) is 0 Å². The Morgan fingerprint density at radius 2 is 0.958 bits per heavy atom. The second-order valence-electron chi connectivity index (χ2n) is 13.4. The van der Waals surface area contributed by atoms with Crippen molar-refractivity contribution in [2.24, 2.45) is 0 Å². The molecule has 0 saturated carbocycles. The lowest BCUT2D eigenvalue weighted by Gasteiger charge is -2.28. The summed E-state index contributed by atoms with van der Waals surface area (Å²) in [6.07, 6.45) is 0. The van der Waals surface area contributed by atoms with Crippen molar-refractivity contribution >= 4 is 60.9 Å². The van der Waals surface area contributed by atoms with Gasteiger partial charge in [-0.05, 0) is 94.0 Å². The van der Waals surface area contributed by atoms with Gasteiger partial charge in [-0.2, -0.15) is 0 Å². The van der Waals surface area contributed by atoms with E-state index in [4.69, 9.17) is 8.83 Å². The first-order valence-electron chi connectivity index (χ1n) is 16.5. The number of furan rings is 2. The molecule has 2 heterocycles. The number of para-hydroxylation sites is 1. The van der Waals surface area contributed by atoms with E-state index in [1.54, 1.807) is 0 Å². The van der Waals surface area contributed by atoms with Crippen LogP contribution < -0.4 is 4.90 Å². The number of benzene rings is 7. The normalized spacial score (nSPS) is 13.4. The summed E-state index contributed by atoms with van der Waals surface area (Å²) in [5, 5.41) is 4.27. The highest BCUT2D eigenvalue weighted by molar-refractivity contribution is 6.15. The minimum absolute atomic E-state index is 0.104. The zero-order valence-corrected chi connectivity index (χ0v) is 26.7. The van der Waals surface area contributed by atoms with Gasteiger partial charge < -0.3 is 13.7 Å². The Bertz CT molecular complexity index is 2690. The van der Waals surface area contributed by atoms with Crippen molar-refractivity contribution in [1.82, 2.24) is 0 Å². The molecule has 0 N–H and O–H groups in total. The van der Waals surface area contributed by atoms with E-state index < -0.39 is 0 Å². The van der Waals surface area contributed by atoms with Crippen LogP contribution in [0.2, 0.25) is 0 Å². The molecule has 9 aromatic rings.